The summed E-state index contributed by atoms with van der Waals surface area (Å²) in [6.45, 7) is 0.605. The van der Waals surface area contributed by atoms with Crippen LogP contribution >= 0.6 is 11.6 Å². The molecule has 5 nitrogen and oxygen atoms in total. The van der Waals surface area contributed by atoms with Crippen molar-refractivity contribution in [2.45, 2.75) is 38.1 Å². The number of unbranched alkanes of at least 4 members (excludes halogenated alkanes) is 2. The number of ether oxygens (including phenoxy) is 1. The number of hydrogen-bond donors (Lipinski definition) is 1. The summed E-state index contributed by atoms with van der Waals surface area (Å²) in [5, 5.41) is 3.58. The van der Waals surface area contributed by atoms with Gasteiger partial charge in [-0.3, -0.25) is 9.59 Å². The van der Waals surface area contributed by atoms with E-state index in [-0.39, 0.29) is 17.9 Å². The van der Waals surface area contributed by atoms with Gasteiger partial charge in [0.05, 0.1) is 13.2 Å². The van der Waals surface area contributed by atoms with Crippen LogP contribution in [0.4, 0.5) is 5.69 Å². The lowest BCUT2D eigenvalue weighted by Crippen LogP contribution is -2.26. The first-order chi connectivity index (χ1) is 12.6. The summed E-state index contributed by atoms with van der Waals surface area (Å²) in [6.07, 6.45) is 11.4. The fourth-order valence-corrected chi connectivity index (χ4v) is 2.87. The van der Waals surface area contributed by atoms with E-state index in [9.17, 15) is 9.59 Å². The van der Waals surface area contributed by atoms with Crippen molar-refractivity contribution in [2.75, 3.05) is 18.6 Å². The van der Waals surface area contributed by atoms with Crippen LogP contribution in [-0.4, -0.2) is 31.6 Å². The van der Waals surface area contributed by atoms with Gasteiger partial charge in [0, 0.05) is 36.0 Å². The maximum absolute atomic E-state index is 11.9. The molecule has 26 heavy (non-hydrogen) atoms. The van der Waals surface area contributed by atoms with Gasteiger partial charge < -0.3 is 15.0 Å². The van der Waals surface area contributed by atoms with Crippen LogP contribution in [-0.2, 0) is 14.3 Å². The minimum Gasteiger partial charge on any atom is -0.469 e. The number of rotatable bonds is 9. The number of halogens is 1. The van der Waals surface area contributed by atoms with E-state index in [0.717, 1.165) is 31.4 Å². The summed E-state index contributed by atoms with van der Waals surface area (Å²) in [5.74, 6) is -0.284. The number of benzene rings is 1. The van der Waals surface area contributed by atoms with E-state index in [4.69, 9.17) is 11.6 Å². The van der Waals surface area contributed by atoms with Crippen LogP contribution in [0, 0.1) is 0 Å². The van der Waals surface area contributed by atoms with Crippen LogP contribution in [0.1, 0.15) is 32.1 Å². The summed E-state index contributed by atoms with van der Waals surface area (Å²) in [6, 6.07) is 7.77. The topological polar surface area (TPSA) is 58.6 Å². The predicted molar refractivity (Wildman–Crippen MR) is 104 cm³/mol. The fraction of sp³-hybridized carbons (Fsp3) is 0.400. The molecule has 0 saturated carbocycles. The molecule has 1 amide bonds. The van der Waals surface area contributed by atoms with Crippen molar-refractivity contribution in [3.63, 3.8) is 0 Å². The van der Waals surface area contributed by atoms with Crippen molar-refractivity contribution >= 4 is 29.2 Å². The first-order valence-corrected chi connectivity index (χ1v) is 9.21. The quantitative estimate of drug-likeness (QED) is 0.404. The normalized spacial score (nSPS) is 16.2. The molecular formula is C20H25ClN2O3. The zero-order valence-corrected chi connectivity index (χ0v) is 15.7. The monoisotopic (exact) mass is 376 g/mol. The molecule has 1 aromatic rings. The van der Waals surface area contributed by atoms with Gasteiger partial charge in [0.1, 0.15) is 0 Å². The number of nitrogens with zero attached hydrogens (tertiary/aromatic N) is 1. The van der Waals surface area contributed by atoms with Gasteiger partial charge in [0.15, 0.2) is 0 Å². The van der Waals surface area contributed by atoms with Crippen molar-refractivity contribution in [1.29, 1.82) is 0 Å². The third kappa shape index (κ3) is 6.56. The molecule has 0 fully saturated rings. The summed E-state index contributed by atoms with van der Waals surface area (Å²) in [4.78, 5) is 25.1. The molecule has 1 aromatic carbocycles. The van der Waals surface area contributed by atoms with E-state index in [1.807, 2.05) is 36.5 Å². The highest BCUT2D eigenvalue weighted by molar-refractivity contribution is 6.30. The lowest BCUT2D eigenvalue weighted by molar-refractivity contribution is -0.140. The number of nitrogens with one attached hydrogen (secondary N) is 1. The van der Waals surface area contributed by atoms with E-state index in [2.05, 4.69) is 21.0 Å². The van der Waals surface area contributed by atoms with Gasteiger partial charge >= 0.3 is 5.97 Å². The molecule has 0 aromatic heterocycles. The van der Waals surface area contributed by atoms with Crippen LogP contribution in [0.25, 0.3) is 0 Å². The van der Waals surface area contributed by atoms with Crippen LogP contribution in [0.3, 0.4) is 0 Å². The molecule has 1 N–H and O–H groups in total. The zero-order chi connectivity index (χ0) is 18.8. The van der Waals surface area contributed by atoms with Crippen molar-refractivity contribution in [3.05, 3.63) is 53.7 Å². The summed E-state index contributed by atoms with van der Waals surface area (Å²) < 4.78 is 4.59. The third-order valence-corrected chi connectivity index (χ3v) is 4.43. The maximum atomic E-state index is 11.9. The van der Waals surface area contributed by atoms with Crippen LogP contribution in [0.5, 0.6) is 0 Å². The summed E-state index contributed by atoms with van der Waals surface area (Å²) in [7, 11) is 1.39. The molecular weight excluding hydrogens is 352 g/mol. The SMILES string of the molecule is COC(=O)CCCCCNC(=O)/C=C/C1CC=CN1c1ccc(Cl)cc1. The van der Waals surface area contributed by atoms with E-state index < -0.39 is 0 Å². The number of amides is 1. The van der Waals surface area contributed by atoms with Crippen LogP contribution in [0.2, 0.25) is 5.02 Å². The van der Waals surface area contributed by atoms with Crippen molar-refractivity contribution < 1.29 is 14.3 Å². The van der Waals surface area contributed by atoms with E-state index >= 15 is 0 Å². The van der Waals surface area contributed by atoms with E-state index in [1.165, 1.54) is 7.11 Å². The Labute approximate surface area is 159 Å². The number of hydrogen-bond acceptors (Lipinski definition) is 4. The van der Waals surface area contributed by atoms with E-state index in [1.54, 1.807) is 6.08 Å². The number of anilines is 1. The molecule has 1 unspecified atom stereocenters. The second kappa shape index (κ2) is 10.7. The van der Waals surface area contributed by atoms with Gasteiger partial charge in [0.2, 0.25) is 5.91 Å². The maximum Gasteiger partial charge on any atom is 0.305 e. The van der Waals surface area contributed by atoms with Crippen LogP contribution < -0.4 is 10.2 Å². The predicted octanol–water partition coefficient (Wildman–Crippen LogP) is 3.84. The molecule has 140 valence electrons. The second-order valence-corrected chi connectivity index (χ2v) is 6.54. The van der Waals surface area contributed by atoms with Gasteiger partial charge in [0.25, 0.3) is 0 Å². The van der Waals surface area contributed by atoms with Crippen LogP contribution in [0.15, 0.2) is 48.7 Å². The summed E-state index contributed by atoms with van der Waals surface area (Å²) >= 11 is 5.93. The van der Waals surface area contributed by atoms with Gasteiger partial charge in [-0.1, -0.05) is 30.2 Å². The van der Waals surface area contributed by atoms with Gasteiger partial charge in [-0.25, -0.2) is 0 Å². The Morgan fingerprint density at radius 2 is 2.04 bits per heavy atom. The Morgan fingerprint density at radius 1 is 1.27 bits per heavy atom. The second-order valence-electron chi connectivity index (χ2n) is 6.11. The Bertz CT molecular complexity index is 656. The molecule has 0 radical (unpaired) electrons. The molecule has 1 heterocycles. The average molecular weight is 377 g/mol. The van der Waals surface area contributed by atoms with Gasteiger partial charge in [-0.2, -0.15) is 0 Å². The minimum absolute atomic E-state index is 0.0964. The molecule has 6 heteroatoms. The minimum atomic E-state index is -0.188. The molecule has 2 rings (SSSR count). The number of carbonyl (C=O) groups is 2. The molecule has 0 saturated heterocycles. The lowest BCUT2D eigenvalue weighted by atomic mass is 10.2. The number of esters is 1. The van der Waals surface area contributed by atoms with Gasteiger partial charge in [-0.05, 0) is 43.5 Å². The van der Waals surface area contributed by atoms with Crippen molar-refractivity contribution in [2.24, 2.45) is 0 Å². The Morgan fingerprint density at radius 3 is 2.77 bits per heavy atom. The highest BCUT2D eigenvalue weighted by Crippen LogP contribution is 2.26. The zero-order valence-electron chi connectivity index (χ0n) is 15.0. The molecule has 0 bridgehead atoms. The smallest absolute Gasteiger partial charge is 0.305 e. The molecule has 1 aliphatic heterocycles. The first kappa shape index (κ1) is 20.0. The first-order valence-electron chi connectivity index (χ1n) is 8.83. The summed E-state index contributed by atoms with van der Waals surface area (Å²) in [5.41, 5.74) is 1.05. The Hall–Kier alpha value is -2.27. The average Bonchev–Trinajstić information content (AvgIpc) is 3.11. The highest BCUT2D eigenvalue weighted by atomic mass is 35.5. The molecule has 0 aliphatic carbocycles. The van der Waals surface area contributed by atoms with E-state index in [0.29, 0.717) is 18.0 Å². The Kier molecular flexibility index (Phi) is 8.22. The largest absolute Gasteiger partial charge is 0.469 e. The van der Waals surface area contributed by atoms with Gasteiger partial charge in [-0.15, -0.1) is 0 Å². The van der Waals surface area contributed by atoms with Crippen molar-refractivity contribution in [1.82, 2.24) is 5.32 Å². The fourth-order valence-electron chi connectivity index (χ4n) is 2.74. The standard InChI is InChI=1S/C20H25ClN2O3/c1-26-20(25)7-3-2-4-14-22-19(24)13-12-17-6-5-15-23(17)18-10-8-16(21)9-11-18/h5,8-13,15,17H,2-4,6-7,14H2,1H3,(H,22,24)/b13-12+. The highest BCUT2D eigenvalue weighted by Gasteiger charge is 2.18. The molecule has 0 spiro atoms. The number of carbonyl (C=O) groups excluding carboxylic acids is 2. The molecule has 1 atom stereocenters. The van der Waals surface area contributed by atoms with Crippen molar-refractivity contribution in [3.8, 4) is 0 Å². The lowest BCUT2D eigenvalue weighted by Gasteiger charge is -2.23. The molecule has 1 aliphatic rings. The number of methoxy groups -OCH3 is 1. The third-order valence-electron chi connectivity index (χ3n) is 4.18. The Balaban J connectivity index is 1.70.